The molecule has 0 aliphatic rings. The fourth-order valence-corrected chi connectivity index (χ4v) is 1.55. The van der Waals surface area contributed by atoms with E-state index in [0.29, 0.717) is 42.7 Å². The van der Waals surface area contributed by atoms with Gasteiger partial charge in [0.15, 0.2) is 0 Å². The third-order valence-electron chi connectivity index (χ3n) is 2.45. The largest absolute Gasteiger partial charge is 0.496 e. The molecule has 1 rings (SSSR count). The first-order chi connectivity index (χ1) is 9.04. The maximum absolute atomic E-state index is 12.0. The summed E-state index contributed by atoms with van der Waals surface area (Å²) in [5, 5.41) is 2.78. The molecule has 5 nitrogen and oxygen atoms in total. The second-order valence-corrected chi connectivity index (χ2v) is 4.68. The lowest BCUT2D eigenvalue weighted by Gasteiger charge is -2.11. The number of benzene rings is 1. The fourth-order valence-electron chi connectivity index (χ4n) is 1.55. The summed E-state index contributed by atoms with van der Waals surface area (Å²) in [6.45, 7) is 5.81. The van der Waals surface area contributed by atoms with Gasteiger partial charge in [0.1, 0.15) is 5.75 Å². The molecule has 0 saturated carbocycles. The Labute approximate surface area is 114 Å². The highest BCUT2D eigenvalue weighted by Crippen LogP contribution is 2.20. The Morgan fingerprint density at radius 1 is 1.42 bits per heavy atom. The first kappa shape index (κ1) is 15.3. The molecule has 1 aromatic rings. The molecular formula is C14H22N2O3. The van der Waals surface area contributed by atoms with Gasteiger partial charge in [-0.2, -0.15) is 0 Å². The van der Waals surface area contributed by atoms with E-state index in [2.05, 4.69) is 19.2 Å². The average Bonchev–Trinajstić information content (AvgIpc) is 2.37. The Morgan fingerprint density at radius 2 is 2.16 bits per heavy atom. The normalized spacial score (nSPS) is 10.5. The maximum atomic E-state index is 12.0. The zero-order valence-electron chi connectivity index (χ0n) is 11.7. The molecule has 1 aromatic carbocycles. The standard InChI is InChI=1S/C14H22N2O3/c1-10(2)9-19-7-6-16-14(17)12-8-11(15)4-5-13(12)18-3/h4-5,8,10H,6-7,9,15H2,1-3H3,(H,16,17). The maximum Gasteiger partial charge on any atom is 0.255 e. The van der Waals surface area contributed by atoms with Crippen molar-refractivity contribution < 1.29 is 14.3 Å². The Hall–Kier alpha value is -1.75. The van der Waals surface area contributed by atoms with Crippen LogP contribution in [0.25, 0.3) is 0 Å². The van der Waals surface area contributed by atoms with E-state index in [1.165, 1.54) is 7.11 Å². The number of hydrogen-bond donors (Lipinski definition) is 2. The first-order valence-electron chi connectivity index (χ1n) is 6.34. The van der Waals surface area contributed by atoms with Gasteiger partial charge in [-0.25, -0.2) is 0 Å². The van der Waals surface area contributed by atoms with Crippen molar-refractivity contribution in [2.24, 2.45) is 5.92 Å². The van der Waals surface area contributed by atoms with Gasteiger partial charge >= 0.3 is 0 Å². The van der Waals surface area contributed by atoms with Crippen molar-refractivity contribution in [3.8, 4) is 5.75 Å². The van der Waals surface area contributed by atoms with Gasteiger partial charge in [0.25, 0.3) is 5.91 Å². The number of methoxy groups -OCH3 is 1. The van der Waals surface area contributed by atoms with E-state index in [1.54, 1.807) is 18.2 Å². The average molecular weight is 266 g/mol. The Bertz CT molecular complexity index is 419. The van der Waals surface area contributed by atoms with Crippen LogP contribution in [-0.4, -0.2) is 32.8 Å². The predicted octanol–water partition coefficient (Wildman–Crippen LogP) is 1.68. The summed E-state index contributed by atoms with van der Waals surface area (Å²) in [7, 11) is 1.52. The van der Waals surface area contributed by atoms with Gasteiger partial charge < -0.3 is 20.5 Å². The second kappa shape index (κ2) is 7.63. The van der Waals surface area contributed by atoms with Crippen LogP contribution in [-0.2, 0) is 4.74 Å². The highest BCUT2D eigenvalue weighted by atomic mass is 16.5. The number of rotatable bonds is 7. The molecule has 0 bridgehead atoms. The summed E-state index contributed by atoms with van der Waals surface area (Å²) < 4.78 is 10.5. The second-order valence-electron chi connectivity index (χ2n) is 4.68. The van der Waals surface area contributed by atoms with Crippen molar-refractivity contribution in [1.82, 2.24) is 5.32 Å². The molecule has 5 heteroatoms. The lowest BCUT2D eigenvalue weighted by atomic mass is 10.1. The van der Waals surface area contributed by atoms with E-state index >= 15 is 0 Å². The number of hydrogen-bond acceptors (Lipinski definition) is 4. The number of carbonyl (C=O) groups is 1. The van der Waals surface area contributed by atoms with Crippen LogP contribution in [0.15, 0.2) is 18.2 Å². The molecule has 0 radical (unpaired) electrons. The number of anilines is 1. The minimum Gasteiger partial charge on any atom is -0.496 e. The van der Waals surface area contributed by atoms with Gasteiger partial charge in [-0.1, -0.05) is 13.8 Å². The summed E-state index contributed by atoms with van der Waals surface area (Å²) >= 11 is 0. The molecule has 0 unspecified atom stereocenters. The molecule has 19 heavy (non-hydrogen) atoms. The van der Waals surface area contributed by atoms with E-state index in [4.69, 9.17) is 15.2 Å². The Kier molecular flexibility index (Phi) is 6.15. The van der Waals surface area contributed by atoms with E-state index < -0.39 is 0 Å². The fraction of sp³-hybridized carbons (Fsp3) is 0.500. The number of ether oxygens (including phenoxy) is 2. The molecule has 0 aliphatic carbocycles. The Morgan fingerprint density at radius 3 is 2.79 bits per heavy atom. The molecule has 0 aliphatic heterocycles. The molecule has 1 amide bonds. The van der Waals surface area contributed by atoms with Crippen LogP contribution in [0.4, 0.5) is 5.69 Å². The molecule has 3 N–H and O–H groups in total. The highest BCUT2D eigenvalue weighted by molar-refractivity contribution is 5.97. The van der Waals surface area contributed by atoms with Gasteiger partial charge in [-0.05, 0) is 24.1 Å². The van der Waals surface area contributed by atoms with Crippen LogP contribution in [0, 0.1) is 5.92 Å². The van der Waals surface area contributed by atoms with Crippen molar-refractivity contribution in [3.05, 3.63) is 23.8 Å². The molecule has 0 atom stereocenters. The molecule has 0 fully saturated rings. The van der Waals surface area contributed by atoms with Crippen molar-refractivity contribution in [3.63, 3.8) is 0 Å². The van der Waals surface area contributed by atoms with E-state index in [9.17, 15) is 4.79 Å². The molecule has 0 spiro atoms. The van der Waals surface area contributed by atoms with Crippen molar-refractivity contribution in [2.75, 3.05) is 32.6 Å². The lowest BCUT2D eigenvalue weighted by Crippen LogP contribution is -2.28. The zero-order chi connectivity index (χ0) is 14.3. The van der Waals surface area contributed by atoms with Crippen molar-refractivity contribution in [2.45, 2.75) is 13.8 Å². The smallest absolute Gasteiger partial charge is 0.255 e. The van der Waals surface area contributed by atoms with Gasteiger partial charge in [0, 0.05) is 18.8 Å². The third kappa shape index (κ3) is 5.18. The Balaban J connectivity index is 2.47. The number of nitrogen functional groups attached to an aromatic ring is 1. The van der Waals surface area contributed by atoms with Crippen LogP contribution in [0.3, 0.4) is 0 Å². The molecule has 106 valence electrons. The van der Waals surface area contributed by atoms with Gasteiger partial charge in [0.05, 0.1) is 19.3 Å². The molecule has 0 heterocycles. The third-order valence-corrected chi connectivity index (χ3v) is 2.45. The van der Waals surface area contributed by atoms with E-state index in [0.717, 1.165) is 0 Å². The van der Waals surface area contributed by atoms with Crippen LogP contribution in [0.1, 0.15) is 24.2 Å². The van der Waals surface area contributed by atoms with E-state index in [1.807, 2.05) is 0 Å². The summed E-state index contributed by atoms with van der Waals surface area (Å²) in [6, 6.07) is 4.98. The minimum atomic E-state index is -0.211. The number of amides is 1. The lowest BCUT2D eigenvalue weighted by molar-refractivity contribution is 0.0884. The number of nitrogens with two attached hydrogens (primary N) is 1. The molecular weight excluding hydrogens is 244 g/mol. The predicted molar refractivity (Wildman–Crippen MR) is 75.4 cm³/mol. The van der Waals surface area contributed by atoms with E-state index in [-0.39, 0.29) is 5.91 Å². The number of carbonyl (C=O) groups excluding carboxylic acids is 1. The molecule has 0 aromatic heterocycles. The van der Waals surface area contributed by atoms with Crippen LogP contribution >= 0.6 is 0 Å². The quantitative estimate of drug-likeness (QED) is 0.581. The van der Waals surface area contributed by atoms with Crippen molar-refractivity contribution >= 4 is 11.6 Å². The summed E-state index contributed by atoms with van der Waals surface area (Å²) in [6.07, 6.45) is 0. The topological polar surface area (TPSA) is 73.6 Å². The summed E-state index contributed by atoms with van der Waals surface area (Å²) in [5.41, 5.74) is 6.64. The summed E-state index contributed by atoms with van der Waals surface area (Å²) in [4.78, 5) is 12.0. The van der Waals surface area contributed by atoms with Crippen LogP contribution < -0.4 is 15.8 Å². The van der Waals surface area contributed by atoms with Gasteiger partial charge in [-0.15, -0.1) is 0 Å². The van der Waals surface area contributed by atoms with Crippen molar-refractivity contribution in [1.29, 1.82) is 0 Å². The van der Waals surface area contributed by atoms with Crippen LogP contribution in [0.2, 0.25) is 0 Å². The zero-order valence-corrected chi connectivity index (χ0v) is 11.7. The molecule has 0 saturated heterocycles. The van der Waals surface area contributed by atoms with Gasteiger partial charge in [-0.3, -0.25) is 4.79 Å². The first-order valence-corrected chi connectivity index (χ1v) is 6.34. The number of nitrogens with one attached hydrogen (secondary N) is 1. The minimum absolute atomic E-state index is 0.211. The SMILES string of the molecule is COc1ccc(N)cc1C(=O)NCCOCC(C)C. The monoisotopic (exact) mass is 266 g/mol. The summed E-state index contributed by atoms with van der Waals surface area (Å²) in [5.74, 6) is 0.789. The highest BCUT2D eigenvalue weighted by Gasteiger charge is 2.11. The van der Waals surface area contributed by atoms with Gasteiger partial charge in [0.2, 0.25) is 0 Å². The van der Waals surface area contributed by atoms with Crippen LogP contribution in [0.5, 0.6) is 5.75 Å².